The summed E-state index contributed by atoms with van der Waals surface area (Å²) in [5, 5.41) is 0.456. The van der Waals surface area contributed by atoms with E-state index >= 15 is 0 Å². The minimum atomic E-state index is 0.456. The maximum atomic E-state index is 5.82. The number of pyridine rings is 1. The molecule has 0 aliphatic rings. The van der Waals surface area contributed by atoms with Gasteiger partial charge >= 0.3 is 0 Å². The Balaban J connectivity index is 2.94. The first-order valence-electron chi connectivity index (χ1n) is 3.25. The minimum Gasteiger partial charge on any atom is -0.504 e. The van der Waals surface area contributed by atoms with Crippen LogP contribution in [0.4, 0.5) is 0 Å². The van der Waals surface area contributed by atoms with Gasteiger partial charge in [0.25, 0.3) is 0 Å². The van der Waals surface area contributed by atoms with Gasteiger partial charge in [0.2, 0.25) is 0 Å². The molecule has 12 heavy (non-hydrogen) atoms. The highest BCUT2D eigenvalue weighted by atomic mass is 79.9. The molecule has 0 fully saturated rings. The summed E-state index contributed by atoms with van der Waals surface area (Å²) in [6, 6.07) is 3.68. The highest BCUT2D eigenvalue weighted by Gasteiger charge is 1.97. The summed E-state index contributed by atoms with van der Waals surface area (Å²) in [7, 11) is 1.58. The molecule has 64 valence electrons. The third kappa shape index (κ3) is 2.50. The van der Waals surface area contributed by atoms with E-state index in [2.05, 4.69) is 20.9 Å². The van der Waals surface area contributed by atoms with Crippen molar-refractivity contribution in [1.29, 1.82) is 0 Å². The monoisotopic (exact) mass is 247 g/mol. The molecular weight excluding hydrogens is 241 g/mol. The summed E-state index contributed by atoms with van der Waals surface area (Å²) in [5.41, 5.74) is 0.835. The summed E-state index contributed by atoms with van der Waals surface area (Å²) in [6.07, 6.45) is 3.30. The number of ether oxygens (including phenoxy) is 1. The van der Waals surface area contributed by atoms with Crippen LogP contribution in [0.2, 0.25) is 5.15 Å². The highest BCUT2D eigenvalue weighted by molar-refractivity contribution is 9.10. The van der Waals surface area contributed by atoms with Crippen LogP contribution in [0.3, 0.4) is 0 Å². The first-order valence-corrected chi connectivity index (χ1v) is 4.42. The SMILES string of the molecule is COC=Cc1ccc(Br)nc1Cl. The molecule has 0 saturated carbocycles. The highest BCUT2D eigenvalue weighted by Crippen LogP contribution is 2.17. The first-order chi connectivity index (χ1) is 5.74. The van der Waals surface area contributed by atoms with Crippen molar-refractivity contribution in [2.45, 2.75) is 0 Å². The number of aromatic nitrogens is 1. The summed E-state index contributed by atoms with van der Waals surface area (Å²) in [4.78, 5) is 4.00. The molecule has 0 aromatic carbocycles. The Morgan fingerprint density at radius 2 is 2.33 bits per heavy atom. The molecule has 2 nitrogen and oxygen atoms in total. The maximum absolute atomic E-state index is 5.82. The maximum Gasteiger partial charge on any atom is 0.137 e. The van der Waals surface area contributed by atoms with Gasteiger partial charge in [-0.1, -0.05) is 11.6 Å². The lowest BCUT2D eigenvalue weighted by Crippen LogP contribution is -1.81. The fraction of sp³-hybridized carbons (Fsp3) is 0.125. The summed E-state index contributed by atoms with van der Waals surface area (Å²) < 4.78 is 5.48. The van der Waals surface area contributed by atoms with Crippen LogP contribution in [0.1, 0.15) is 5.56 Å². The zero-order chi connectivity index (χ0) is 8.97. The normalized spacial score (nSPS) is 10.6. The van der Waals surface area contributed by atoms with Crippen LogP contribution in [0.5, 0.6) is 0 Å². The molecule has 0 spiro atoms. The number of halogens is 2. The van der Waals surface area contributed by atoms with Crippen molar-refractivity contribution in [3.63, 3.8) is 0 Å². The molecule has 1 rings (SSSR count). The van der Waals surface area contributed by atoms with Gasteiger partial charge in [-0.2, -0.15) is 0 Å². The smallest absolute Gasteiger partial charge is 0.137 e. The van der Waals surface area contributed by atoms with E-state index < -0.39 is 0 Å². The number of nitrogens with zero attached hydrogens (tertiary/aromatic N) is 1. The van der Waals surface area contributed by atoms with E-state index in [9.17, 15) is 0 Å². The molecule has 0 aliphatic carbocycles. The van der Waals surface area contributed by atoms with E-state index in [1.54, 1.807) is 19.4 Å². The Morgan fingerprint density at radius 1 is 1.58 bits per heavy atom. The minimum absolute atomic E-state index is 0.456. The molecule has 0 bridgehead atoms. The van der Waals surface area contributed by atoms with Crippen LogP contribution in [-0.4, -0.2) is 12.1 Å². The molecule has 0 amide bonds. The molecule has 0 radical (unpaired) electrons. The molecular formula is C8H7BrClNO. The quantitative estimate of drug-likeness (QED) is 0.593. The largest absolute Gasteiger partial charge is 0.504 e. The average molecular weight is 249 g/mol. The zero-order valence-electron chi connectivity index (χ0n) is 6.42. The molecule has 0 unspecified atom stereocenters. The summed E-state index contributed by atoms with van der Waals surface area (Å²) in [6.45, 7) is 0. The summed E-state index contributed by atoms with van der Waals surface area (Å²) in [5.74, 6) is 0. The number of rotatable bonds is 2. The van der Waals surface area contributed by atoms with Crippen molar-refractivity contribution in [1.82, 2.24) is 4.98 Å². The van der Waals surface area contributed by atoms with Gasteiger partial charge in [0.15, 0.2) is 0 Å². The van der Waals surface area contributed by atoms with Crippen molar-refractivity contribution in [2.75, 3.05) is 7.11 Å². The van der Waals surface area contributed by atoms with Crippen LogP contribution in [0.15, 0.2) is 23.0 Å². The van der Waals surface area contributed by atoms with Gasteiger partial charge in [-0.25, -0.2) is 4.98 Å². The van der Waals surface area contributed by atoms with E-state index in [-0.39, 0.29) is 0 Å². The topological polar surface area (TPSA) is 22.1 Å². The van der Waals surface area contributed by atoms with Crippen molar-refractivity contribution in [3.05, 3.63) is 33.7 Å². The Kier molecular flexibility index (Phi) is 3.56. The van der Waals surface area contributed by atoms with Crippen LogP contribution < -0.4 is 0 Å². The van der Waals surface area contributed by atoms with Crippen LogP contribution >= 0.6 is 27.5 Å². The second-order valence-electron chi connectivity index (χ2n) is 2.05. The third-order valence-electron chi connectivity index (χ3n) is 1.23. The molecule has 0 aliphatic heterocycles. The number of hydrogen-bond acceptors (Lipinski definition) is 2. The molecule has 0 N–H and O–H groups in total. The van der Waals surface area contributed by atoms with Crippen LogP contribution in [-0.2, 0) is 4.74 Å². The number of methoxy groups -OCH3 is 1. The fourth-order valence-electron chi connectivity index (χ4n) is 0.689. The lowest BCUT2D eigenvalue weighted by atomic mass is 10.3. The Bertz CT molecular complexity index is 301. The molecule has 1 heterocycles. The van der Waals surface area contributed by atoms with Gasteiger partial charge in [0, 0.05) is 5.56 Å². The Morgan fingerprint density at radius 3 is 2.92 bits per heavy atom. The summed E-state index contributed by atoms with van der Waals surface area (Å²) >= 11 is 9.03. The lowest BCUT2D eigenvalue weighted by Gasteiger charge is -1.96. The standard InChI is InChI=1S/C8H7BrClNO/c1-12-5-4-6-2-3-7(9)11-8(6)10/h2-5H,1H3. The van der Waals surface area contributed by atoms with E-state index in [4.69, 9.17) is 16.3 Å². The van der Waals surface area contributed by atoms with E-state index in [0.717, 1.165) is 10.2 Å². The van der Waals surface area contributed by atoms with Gasteiger partial charge in [-0.3, -0.25) is 0 Å². The van der Waals surface area contributed by atoms with Crippen LogP contribution in [0.25, 0.3) is 6.08 Å². The molecule has 0 saturated heterocycles. The van der Waals surface area contributed by atoms with E-state index in [0.29, 0.717) is 5.15 Å². The van der Waals surface area contributed by atoms with Gasteiger partial charge in [-0.05, 0) is 34.1 Å². The van der Waals surface area contributed by atoms with Gasteiger partial charge in [0.1, 0.15) is 9.76 Å². The number of hydrogen-bond donors (Lipinski definition) is 0. The second-order valence-corrected chi connectivity index (χ2v) is 3.22. The molecule has 1 aromatic rings. The zero-order valence-corrected chi connectivity index (χ0v) is 8.76. The van der Waals surface area contributed by atoms with Crippen molar-refractivity contribution < 1.29 is 4.74 Å². The van der Waals surface area contributed by atoms with E-state index in [1.165, 1.54) is 0 Å². The van der Waals surface area contributed by atoms with Gasteiger partial charge < -0.3 is 4.74 Å². The Hall–Kier alpha value is -0.540. The predicted octanol–water partition coefficient (Wildman–Crippen LogP) is 3.11. The Labute approximate surface area is 84.3 Å². The molecule has 0 atom stereocenters. The average Bonchev–Trinajstić information content (AvgIpc) is 2.03. The molecule has 1 aromatic heterocycles. The van der Waals surface area contributed by atoms with E-state index in [1.807, 2.05) is 12.1 Å². The second kappa shape index (κ2) is 4.48. The van der Waals surface area contributed by atoms with Crippen molar-refractivity contribution >= 4 is 33.6 Å². The van der Waals surface area contributed by atoms with Crippen molar-refractivity contribution in [3.8, 4) is 0 Å². The predicted molar refractivity (Wildman–Crippen MR) is 53.0 cm³/mol. The van der Waals surface area contributed by atoms with Crippen LogP contribution in [0, 0.1) is 0 Å². The van der Waals surface area contributed by atoms with Crippen molar-refractivity contribution in [2.24, 2.45) is 0 Å². The lowest BCUT2D eigenvalue weighted by molar-refractivity contribution is 0.341. The molecule has 4 heteroatoms. The first kappa shape index (κ1) is 9.55. The van der Waals surface area contributed by atoms with Gasteiger partial charge in [0.05, 0.1) is 13.4 Å². The van der Waals surface area contributed by atoms with Gasteiger partial charge in [-0.15, -0.1) is 0 Å². The third-order valence-corrected chi connectivity index (χ3v) is 1.97. The fourth-order valence-corrected chi connectivity index (χ4v) is 1.32.